The summed E-state index contributed by atoms with van der Waals surface area (Å²) in [6.45, 7) is 0.642. The predicted molar refractivity (Wildman–Crippen MR) is 66.3 cm³/mol. The van der Waals surface area contributed by atoms with E-state index in [-0.39, 0.29) is 19.0 Å². The Morgan fingerprint density at radius 2 is 1.24 bits per heavy atom. The summed E-state index contributed by atoms with van der Waals surface area (Å²) in [5.41, 5.74) is 0. The van der Waals surface area contributed by atoms with E-state index in [1.54, 1.807) is 19.0 Å². The first-order valence-electron chi connectivity index (χ1n) is 4.46. The standard InChI is InChI=1S/C6H18N2O6P2.ClH/c1-7(2)3-4-8(5-15(9,10)11)6-16(12,13)14;/h3-6H2,1-2H3,(H2,9,10,11)(H2,12,13,14);1H. The summed E-state index contributed by atoms with van der Waals surface area (Å²) in [7, 11) is -5.09. The first kappa shape index (κ1) is 19.8. The smallest absolute Gasteiger partial charge is 0.324 e. The fourth-order valence-corrected chi connectivity index (χ4v) is 2.73. The molecule has 0 saturated carbocycles. The molecule has 4 N–H and O–H groups in total. The minimum absolute atomic E-state index is 0. The van der Waals surface area contributed by atoms with E-state index in [0.717, 1.165) is 4.90 Å². The van der Waals surface area contributed by atoms with Gasteiger partial charge in [-0.1, -0.05) is 0 Å². The molecule has 0 radical (unpaired) electrons. The summed E-state index contributed by atoms with van der Waals surface area (Å²) in [4.78, 5) is 37.8. The van der Waals surface area contributed by atoms with Gasteiger partial charge >= 0.3 is 15.2 Å². The van der Waals surface area contributed by atoms with E-state index in [1.165, 1.54) is 0 Å². The first-order valence-corrected chi connectivity index (χ1v) is 8.05. The van der Waals surface area contributed by atoms with Gasteiger partial charge in [0.05, 0.1) is 0 Å². The lowest BCUT2D eigenvalue weighted by Crippen LogP contribution is -2.33. The lowest BCUT2D eigenvalue weighted by Gasteiger charge is -2.24. The fraction of sp³-hybridized carbons (Fsp3) is 1.00. The van der Waals surface area contributed by atoms with Gasteiger partial charge in [0.15, 0.2) is 0 Å². The van der Waals surface area contributed by atoms with Crippen LogP contribution in [0.5, 0.6) is 0 Å². The van der Waals surface area contributed by atoms with Crippen molar-refractivity contribution in [3.63, 3.8) is 0 Å². The molecule has 0 unspecified atom stereocenters. The van der Waals surface area contributed by atoms with Gasteiger partial charge in [0.1, 0.15) is 12.6 Å². The number of halogens is 1. The number of nitrogens with zero attached hydrogens (tertiary/aromatic N) is 2. The van der Waals surface area contributed by atoms with Crippen molar-refractivity contribution in [1.82, 2.24) is 9.80 Å². The normalized spacial score (nSPS) is 12.9. The van der Waals surface area contributed by atoms with Crippen molar-refractivity contribution in [1.29, 1.82) is 0 Å². The molecule has 0 aromatic rings. The highest BCUT2D eigenvalue weighted by Crippen LogP contribution is 2.40. The second-order valence-corrected chi connectivity index (χ2v) is 7.03. The fourth-order valence-electron chi connectivity index (χ4n) is 1.05. The van der Waals surface area contributed by atoms with Crippen molar-refractivity contribution in [2.75, 3.05) is 39.8 Å². The quantitative estimate of drug-likeness (QED) is 0.466. The lowest BCUT2D eigenvalue weighted by atomic mass is 10.5. The highest BCUT2D eigenvalue weighted by atomic mass is 35.5. The van der Waals surface area contributed by atoms with Crippen LogP contribution >= 0.6 is 27.6 Å². The molecule has 0 bridgehead atoms. The van der Waals surface area contributed by atoms with Gasteiger partial charge in [-0.25, -0.2) is 0 Å². The minimum atomic E-state index is -4.30. The molecule has 0 aromatic carbocycles. The molecule has 0 atom stereocenters. The van der Waals surface area contributed by atoms with Crippen molar-refractivity contribution < 1.29 is 28.7 Å². The Morgan fingerprint density at radius 3 is 1.47 bits per heavy atom. The third kappa shape index (κ3) is 14.4. The van der Waals surface area contributed by atoms with Gasteiger partial charge in [0.2, 0.25) is 0 Å². The van der Waals surface area contributed by atoms with Crippen molar-refractivity contribution in [2.45, 2.75) is 0 Å². The van der Waals surface area contributed by atoms with Crippen molar-refractivity contribution >= 4 is 27.6 Å². The molecule has 0 fully saturated rings. The third-order valence-corrected chi connectivity index (χ3v) is 3.17. The topological polar surface area (TPSA) is 122 Å². The molecule has 0 rings (SSSR count). The summed E-state index contributed by atoms with van der Waals surface area (Å²) in [5.74, 6) is 0. The van der Waals surface area contributed by atoms with E-state index in [4.69, 9.17) is 19.6 Å². The van der Waals surface area contributed by atoms with Crippen molar-refractivity contribution in [3.8, 4) is 0 Å². The Bertz CT molecular complexity index is 279. The van der Waals surface area contributed by atoms with Gasteiger partial charge in [0.25, 0.3) is 0 Å². The number of likely N-dealkylation sites (N-methyl/N-ethyl adjacent to an activating group) is 1. The third-order valence-electron chi connectivity index (χ3n) is 1.63. The molecular formula is C6H19ClN2O6P2. The van der Waals surface area contributed by atoms with Crippen LogP contribution in [0.3, 0.4) is 0 Å². The van der Waals surface area contributed by atoms with Crippen LogP contribution in [0, 0.1) is 0 Å². The van der Waals surface area contributed by atoms with Gasteiger partial charge in [0, 0.05) is 13.1 Å². The molecular weight excluding hydrogens is 293 g/mol. The van der Waals surface area contributed by atoms with E-state index in [2.05, 4.69) is 0 Å². The summed E-state index contributed by atoms with van der Waals surface area (Å²) < 4.78 is 21.5. The largest absolute Gasteiger partial charge is 0.339 e. The number of rotatable bonds is 7. The molecule has 0 aliphatic carbocycles. The highest BCUT2D eigenvalue weighted by molar-refractivity contribution is 7.52. The second kappa shape index (κ2) is 7.84. The number of hydrogen-bond acceptors (Lipinski definition) is 4. The van der Waals surface area contributed by atoms with Gasteiger partial charge in [-0.05, 0) is 14.1 Å². The van der Waals surface area contributed by atoms with Gasteiger partial charge in [-0.2, -0.15) is 0 Å². The van der Waals surface area contributed by atoms with Crippen molar-refractivity contribution in [3.05, 3.63) is 0 Å². The SMILES string of the molecule is CN(C)CCN(CP(=O)(O)O)CP(=O)(O)O.Cl. The van der Waals surface area contributed by atoms with Crippen LogP contribution in [0.2, 0.25) is 0 Å². The molecule has 0 spiro atoms. The minimum Gasteiger partial charge on any atom is -0.324 e. The van der Waals surface area contributed by atoms with Gasteiger partial charge in [-0.3, -0.25) is 14.0 Å². The zero-order valence-corrected chi connectivity index (χ0v) is 12.2. The molecule has 0 amide bonds. The molecule has 106 valence electrons. The predicted octanol–water partition coefficient (Wildman–Crippen LogP) is -0.458. The summed E-state index contributed by atoms with van der Waals surface area (Å²) >= 11 is 0. The Kier molecular flexibility index (Phi) is 9.15. The summed E-state index contributed by atoms with van der Waals surface area (Å²) in [5, 5.41) is 0. The Morgan fingerprint density at radius 1 is 0.882 bits per heavy atom. The zero-order valence-electron chi connectivity index (χ0n) is 9.63. The monoisotopic (exact) mass is 312 g/mol. The maximum Gasteiger partial charge on any atom is 0.339 e. The maximum atomic E-state index is 10.8. The van der Waals surface area contributed by atoms with Crippen LogP contribution in [0.1, 0.15) is 0 Å². The zero-order chi connectivity index (χ0) is 13.0. The maximum absolute atomic E-state index is 10.8. The average molecular weight is 313 g/mol. The molecule has 0 heterocycles. The average Bonchev–Trinajstić information content (AvgIpc) is 1.93. The van der Waals surface area contributed by atoms with Gasteiger partial charge in [-0.15, -0.1) is 12.4 Å². The summed E-state index contributed by atoms with van der Waals surface area (Å²) in [6, 6.07) is 0. The van der Waals surface area contributed by atoms with E-state index in [0.29, 0.717) is 6.54 Å². The van der Waals surface area contributed by atoms with Gasteiger partial charge < -0.3 is 24.5 Å². The van der Waals surface area contributed by atoms with Crippen LogP contribution < -0.4 is 0 Å². The Balaban J connectivity index is 0. The molecule has 8 nitrogen and oxygen atoms in total. The van der Waals surface area contributed by atoms with E-state index in [9.17, 15) is 9.13 Å². The van der Waals surface area contributed by atoms with Crippen LogP contribution in [0.25, 0.3) is 0 Å². The molecule has 0 aliphatic heterocycles. The number of hydrogen-bond donors (Lipinski definition) is 4. The molecule has 11 heteroatoms. The van der Waals surface area contributed by atoms with Crippen LogP contribution in [0.15, 0.2) is 0 Å². The van der Waals surface area contributed by atoms with E-state index >= 15 is 0 Å². The Labute approximate surface area is 106 Å². The van der Waals surface area contributed by atoms with E-state index in [1.807, 2.05) is 0 Å². The van der Waals surface area contributed by atoms with Crippen LogP contribution in [-0.2, 0) is 9.13 Å². The van der Waals surface area contributed by atoms with Crippen LogP contribution in [-0.4, -0.2) is 69.1 Å². The summed E-state index contributed by atoms with van der Waals surface area (Å²) in [6.07, 6.45) is -1.29. The lowest BCUT2D eigenvalue weighted by molar-refractivity contribution is 0.253. The molecule has 17 heavy (non-hydrogen) atoms. The Hall–Kier alpha value is 0.510. The first-order chi connectivity index (χ1) is 6.99. The highest BCUT2D eigenvalue weighted by Gasteiger charge is 2.25. The van der Waals surface area contributed by atoms with Crippen molar-refractivity contribution in [2.24, 2.45) is 0 Å². The van der Waals surface area contributed by atoms with E-state index < -0.39 is 27.8 Å². The molecule has 0 aliphatic rings. The molecule has 0 saturated heterocycles. The van der Waals surface area contributed by atoms with Crippen LogP contribution in [0.4, 0.5) is 0 Å². The second-order valence-electron chi connectivity index (χ2n) is 3.81. The molecule has 0 aromatic heterocycles.